The van der Waals surface area contributed by atoms with Crippen LogP contribution in [0.4, 0.5) is 23.1 Å². The molecule has 1 aromatic heterocycles. The summed E-state index contributed by atoms with van der Waals surface area (Å²) in [5, 5.41) is 16.1. The molecular formula is C22H24N6O7. The number of nitrogens with zero attached hydrogens (tertiary/aromatic N) is 3. The maximum absolute atomic E-state index is 13.0. The van der Waals surface area contributed by atoms with Gasteiger partial charge < -0.3 is 20.3 Å². The monoisotopic (exact) mass is 484 g/mol. The number of aromatic nitrogens is 2. The van der Waals surface area contributed by atoms with Crippen LogP contribution in [0.25, 0.3) is 0 Å². The highest BCUT2D eigenvalue weighted by Gasteiger charge is 2.36. The lowest BCUT2D eigenvalue weighted by molar-refractivity contribution is -0.384. The Hall–Kier alpha value is -4.29. The molecule has 0 saturated carbocycles. The van der Waals surface area contributed by atoms with Gasteiger partial charge in [-0.05, 0) is 25.8 Å². The van der Waals surface area contributed by atoms with Gasteiger partial charge in [0.05, 0.1) is 28.9 Å². The number of aromatic amines is 1. The highest BCUT2D eigenvalue weighted by atomic mass is 16.6. The molecule has 2 aliphatic rings. The lowest BCUT2D eigenvalue weighted by atomic mass is 9.92. The van der Waals surface area contributed by atoms with Crippen molar-refractivity contribution in [2.24, 2.45) is 5.92 Å². The molecule has 2 aromatic rings. The number of hydrogen-bond acceptors (Lipinski definition) is 9. The molecule has 2 unspecified atom stereocenters. The Morgan fingerprint density at radius 3 is 2.89 bits per heavy atom. The molecule has 4 rings (SSSR count). The molecule has 2 aliphatic heterocycles. The second-order valence-electron chi connectivity index (χ2n) is 8.29. The van der Waals surface area contributed by atoms with Crippen molar-refractivity contribution in [3.05, 3.63) is 50.3 Å². The highest BCUT2D eigenvalue weighted by Crippen LogP contribution is 2.31. The van der Waals surface area contributed by atoms with Crippen LogP contribution in [-0.2, 0) is 19.1 Å². The summed E-state index contributed by atoms with van der Waals surface area (Å²) in [5.74, 6) is -2.83. The number of ether oxygens (including phenoxy) is 1. The topological polar surface area (TPSA) is 177 Å². The fourth-order valence-corrected chi connectivity index (χ4v) is 4.28. The molecule has 2 atom stereocenters. The number of non-ortho nitro benzene ring substituents is 1. The molecule has 13 nitrogen and oxygen atoms in total. The normalized spacial score (nSPS) is 19.3. The first-order chi connectivity index (χ1) is 16.8. The van der Waals surface area contributed by atoms with Gasteiger partial charge in [0.15, 0.2) is 0 Å². The van der Waals surface area contributed by atoms with Gasteiger partial charge in [0.2, 0.25) is 17.8 Å². The molecule has 0 bridgehead atoms. The van der Waals surface area contributed by atoms with Crippen LogP contribution in [0.2, 0.25) is 0 Å². The number of amides is 2. The lowest BCUT2D eigenvalue weighted by Gasteiger charge is -2.32. The predicted molar refractivity (Wildman–Crippen MR) is 124 cm³/mol. The van der Waals surface area contributed by atoms with Gasteiger partial charge in [-0.25, -0.2) is 0 Å². The summed E-state index contributed by atoms with van der Waals surface area (Å²) in [7, 11) is 0. The van der Waals surface area contributed by atoms with Gasteiger partial charge >= 0.3 is 5.97 Å². The summed E-state index contributed by atoms with van der Waals surface area (Å²) in [6.45, 7) is 2.85. The zero-order valence-electron chi connectivity index (χ0n) is 18.9. The first-order valence-electron chi connectivity index (χ1n) is 11.2. The van der Waals surface area contributed by atoms with Crippen LogP contribution in [0.3, 0.4) is 0 Å². The number of benzene rings is 1. The van der Waals surface area contributed by atoms with E-state index in [2.05, 4.69) is 20.6 Å². The molecule has 0 aliphatic carbocycles. The maximum atomic E-state index is 13.0. The van der Waals surface area contributed by atoms with Crippen molar-refractivity contribution >= 4 is 40.9 Å². The SMILES string of the molecule is CCOC(=O)C1CCCN(c2nc3c(c(=O)[nH]2)C(C(=O)Nc2cccc([N+](=O)[O-])c2)CC(=O)N3)C1. The molecule has 13 heteroatoms. The Balaban J connectivity index is 1.59. The van der Waals surface area contributed by atoms with Crippen molar-refractivity contribution in [2.45, 2.75) is 32.1 Å². The third-order valence-electron chi connectivity index (χ3n) is 5.92. The van der Waals surface area contributed by atoms with Gasteiger partial charge in [0, 0.05) is 37.3 Å². The van der Waals surface area contributed by atoms with Gasteiger partial charge in [-0.1, -0.05) is 6.07 Å². The molecule has 184 valence electrons. The van der Waals surface area contributed by atoms with Gasteiger partial charge in [-0.3, -0.25) is 34.3 Å². The van der Waals surface area contributed by atoms with Crippen LogP contribution in [0.1, 0.15) is 37.7 Å². The number of carbonyl (C=O) groups excluding carboxylic acids is 3. The van der Waals surface area contributed by atoms with Crippen molar-refractivity contribution in [2.75, 3.05) is 35.2 Å². The Kier molecular flexibility index (Phi) is 6.75. The van der Waals surface area contributed by atoms with E-state index in [9.17, 15) is 29.3 Å². The molecule has 3 N–H and O–H groups in total. The minimum atomic E-state index is -1.14. The number of nitro groups is 1. The number of esters is 1. The van der Waals surface area contributed by atoms with Gasteiger partial charge in [-0.15, -0.1) is 0 Å². The van der Waals surface area contributed by atoms with Crippen LogP contribution in [0.15, 0.2) is 29.1 Å². The average Bonchev–Trinajstić information content (AvgIpc) is 2.83. The van der Waals surface area contributed by atoms with Gasteiger partial charge in [0.1, 0.15) is 5.82 Å². The molecule has 0 spiro atoms. The quantitative estimate of drug-likeness (QED) is 0.312. The van der Waals surface area contributed by atoms with E-state index in [1.807, 2.05) is 0 Å². The molecule has 1 aromatic carbocycles. The molecule has 0 radical (unpaired) electrons. The number of hydrogen-bond donors (Lipinski definition) is 3. The molecular weight excluding hydrogens is 460 g/mol. The number of fused-ring (bicyclic) bond motifs is 1. The van der Waals surface area contributed by atoms with Crippen molar-refractivity contribution in [1.82, 2.24) is 9.97 Å². The van der Waals surface area contributed by atoms with E-state index in [0.717, 1.165) is 0 Å². The molecule has 2 amide bonds. The number of H-pyrrole nitrogens is 1. The smallest absolute Gasteiger partial charge is 0.310 e. The first kappa shape index (κ1) is 23.9. The minimum Gasteiger partial charge on any atom is -0.466 e. The zero-order chi connectivity index (χ0) is 25.1. The summed E-state index contributed by atoms with van der Waals surface area (Å²) >= 11 is 0. The van der Waals surface area contributed by atoms with E-state index in [0.29, 0.717) is 25.9 Å². The number of nitrogens with one attached hydrogen (secondary N) is 3. The number of rotatable bonds is 6. The van der Waals surface area contributed by atoms with E-state index in [-0.39, 0.29) is 53.6 Å². The number of piperidine rings is 1. The summed E-state index contributed by atoms with van der Waals surface area (Å²) in [4.78, 5) is 69.7. The zero-order valence-corrected chi connectivity index (χ0v) is 18.9. The Morgan fingerprint density at radius 2 is 2.14 bits per heavy atom. The van der Waals surface area contributed by atoms with Gasteiger partial charge in [0.25, 0.3) is 11.2 Å². The number of nitro benzene ring substituents is 1. The Labute approximate surface area is 199 Å². The van der Waals surface area contributed by atoms with E-state index < -0.39 is 28.2 Å². The fraction of sp³-hybridized carbons (Fsp3) is 0.409. The van der Waals surface area contributed by atoms with E-state index >= 15 is 0 Å². The third kappa shape index (κ3) is 5.13. The molecule has 1 fully saturated rings. The summed E-state index contributed by atoms with van der Waals surface area (Å²) < 4.78 is 5.11. The van der Waals surface area contributed by atoms with Crippen LogP contribution in [-0.4, -0.2) is 52.4 Å². The highest BCUT2D eigenvalue weighted by molar-refractivity contribution is 6.04. The number of carbonyl (C=O) groups is 3. The van der Waals surface area contributed by atoms with Crippen LogP contribution in [0.5, 0.6) is 0 Å². The first-order valence-corrected chi connectivity index (χ1v) is 11.2. The summed E-state index contributed by atoms with van der Waals surface area (Å²) in [5.41, 5.74) is -0.648. The van der Waals surface area contributed by atoms with E-state index in [1.165, 1.54) is 24.3 Å². The van der Waals surface area contributed by atoms with E-state index in [1.54, 1.807) is 11.8 Å². The van der Waals surface area contributed by atoms with Crippen LogP contribution in [0, 0.1) is 16.0 Å². The predicted octanol–water partition coefficient (Wildman–Crippen LogP) is 1.52. The molecule has 3 heterocycles. The van der Waals surface area contributed by atoms with Gasteiger partial charge in [-0.2, -0.15) is 4.98 Å². The summed E-state index contributed by atoms with van der Waals surface area (Å²) in [6.07, 6.45) is 1.05. The Bertz CT molecular complexity index is 1240. The van der Waals surface area contributed by atoms with Crippen molar-refractivity contribution in [3.63, 3.8) is 0 Å². The standard InChI is InChI=1S/C22H24N6O7/c1-2-35-21(32)12-5-4-8-27(11-12)22-25-18-17(20(31)26-22)15(10-16(29)24-18)19(30)23-13-6-3-7-14(9-13)28(33)34/h3,6-7,9,12,15H,2,4-5,8,10-11H2,1H3,(H,23,30)(H2,24,25,26,29,31). The minimum absolute atomic E-state index is 0.00441. The third-order valence-corrected chi connectivity index (χ3v) is 5.92. The average molecular weight is 484 g/mol. The number of anilines is 3. The molecule has 35 heavy (non-hydrogen) atoms. The Morgan fingerprint density at radius 1 is 1.34 bits per heavy atom. The van der Waals surface area contributed by atoms with Crippen LogP contribution < -0.4 is 21.1 Å². The van der Waals surface area contributed by atoms with E-state index in [4.69, 9.17) is 4.74 Å². The van der Waals surface area contributed by atoms with Crippen molar-refractivity contribution in [3.8, 4) is 0 Å². The van der Waals surface area contributed by atoms with Crippen molar-refractivity contribution in [1.29, 1.82) is 0 Å². The second-order valence-corrected chi connectivity index (χ2v) is 8.29. The van der Waals surface area contributed by atoms with Crippen LogP contribution >= 0.6 is 0 Å². The molecule has 1 saturated heterocycles. The summed E-state index contributed by atoms with van der Waals surface area (Å²) in [6, 6.07) is 5.35. The fourth-order valence-electron chi connectivity index (χ4n) is 4.28. The van der Waals surface area contributed by atoms with Crippen molar-refractivity contribution < 1.29 is 24.0 Å². The lowest BCUT2D eigenvalue weighted by Crippen LogP contribution is -2.42. The largest absolute Gasteiger partial charge is 0.466 e. The maximum Gasteiger partial charge on any atom is 0.310 e. The second kappa shape index (κ2) is 9.91.